The van der Waals surface area contributed by atoms with Crippen LogP contribution >= 0.6 is 23.2 Å². The van der Waals surface area contributed by atoms with E-state index in [4.69, 9.17) is 31.0 Å². The van der Waals surface area contributed by atoms with Crippen molar-refractivity contribution in [3.8, 4) is 0 Å². The minimum Gasteiger partial charge on any atom is -0.469 e. The standard InChI is InChI=1S/C14H14BCl2NO4/c1-18(14(15)21)11(12(19)7-13(20)22-2)6-8-3-4-9(16)10(17)5-8/h3-5,11H,6-7H2,1-2H3/t11-/m1/s1. The molecule has 22 heavy (non-hydrogen) atoms. The molecular weight excluding hydrogens is 328 g/mol. The lowest BCUT2D eigenvalue weighted by Crippen LogP contribution is -2.44. The van der Waals surface area contributed by atoms with Crippen molar-refractivity contribution in [3.05, 3.63) is 33.8 Å². The van der Waals surface area contributed by atoms with Crippen LogP contribution in [0.25, 0.3) is 0 Å². The number of rotatable bonds is 6. The number of likely N-dealkylation sites (N-methyl/N-ethyl adjacent to an activating group) is 1. The fourth-order valence-electron chi connectivity index (χ4n) is 1.84. The van der Waals surface area contributed by atoms with Gasteiger partial charge < -0.3 is 9.64 Å². The van der Waals surface area contributed by atoms with Crippen LogP contribution < -0.4 is 0 Å². The number of halogens is 2. The fourth-order valence-corrected chi connectivity index (χ4v) is 2.16. The predicted octanol–water partition coefficient (Wildman–Crippen LogP) is 2.26. The lowest BCUT2D eigenvalue weighted by atomic mass is 9.97. The Morgan fingerprint density at radius 2 is 1.91 bits per heavy atom. The van der Waals surface area contributed by atoms with Crippen molar-refractivity contribution in [1.82, 2.24) is 4.90 Å². The second-order valence-electron chi connectivity index (χ2n) is 4.64. The van der Waals surface area contributed by atoms with Crippen molar-refractivity contribution in [2.45, 2.75) is 18.9 Å². The highest BCUT2D eigenvalue weighted by Gasteiger charge is 2.27. The number of carbonyl (C=O) groups is 3. The molecule has 1 aromatic carbocycles. The van der Waals surface area contributed by atoms with Gasteiger partial charge in [-0.2, -0.15) is 0 Å². The molecule has 0 aromatic heterocycles. The summed E-state index contributed by atoms with van der Waals surface area (Å²) in [6.07, 6.45) is -0.285. The molecule has 0 aliphatic rings. The molecule has 0 heterocycles. The second kappa shape index (κ2) is 8.20. The Labute approximate surface area is 139 Å². The molecule has 0 bridgehead atoms. The molecule has 0 saturated heterocycles. The quantitative estimate of drug-likeness (QED) is 0.452. The van der Waals surface area contributed by atoms with Crippen molar-refractivity contribution in [1.29, 1.82) is 0 Å². The molecule has 0 N–H and O–H groups in total. The van der Waals surface area contributed by atoms with E-state index < -0.39 is 30.0 Å². The molecule has 0 unspecified atom stereocenters. The Morgan fingerprint density at radius 1 is 1.27 bits per heavy atom. The first kappa shape index (κ1) is 18.5. The van der Waals surface area contributed by atoms with Gasteiger partial charge in [0.1, 0.15) is 6.42 Å². The Hall–Kier alpha value is -1.53. The summed E-state index contributed by atoms with van der Waals surface area (Å²) in [5, 5.41) is 0.714. The zero-order valence-corrected chi connectivity index (χ0v) is 13.6. The number of methoxy groups -OCH3 is 1. The van der Waals surface area contributed by atoms with E-state index in [0.29, 0.717) is 15.6 Å². The van der Waals surface area contributed by atoms with E-state index in [9.17, 15) is 14.4 Å². The van der Waals surface area contributed by atoms with Gasteiger partial charge in [0.05, 0.1) is 23.2 Å². The zero-order chi connectivity index (χ0) is 16.9. The normalized spacial score (nSPS) is 11.6. The number of nitrogens with zero attached hydrogens (tertiary/aromatic N) is 1. The first-order valence-corrected chi connectivity index (χ1v) is 7.07. The van der Waals surface area contributed by atoms with Crippen molar-refractivity contribution in [2.24, 2.45) is 0 Å². The van der Waals surface area contributed by atoms with E-state index in [0.717, 1.165) is 4.90 Å². The highest BCUT2D eigenvalue weighted by Crippen LogP contribution is 2.24. The third-order valence-corrected chi connectivity index (χ3v) is 3.89. The highest BCUT2D eigenvalue weighted by molar-refractivity contribution is 6.57. The summed E-state index contributed by atoms with van der Waals surface area (Å²) >= 11 is 11.8. The minimum atomic E-state index is -0.895. The average Bonchev–Trinajstić information content (AvgIpc) is 2.47. The Morgan fingerprint density at radius 3 is 2.41 bits per heavy atom. The Kier molecular flexibility index (Phi) is 6.90. The van der Waals surface area contributed by atoms with Crippen LogP contribution in [0, 0.1) is 0 Å². The topological polar surface area (TPSA) is 63.7 Å². The summed E-state index contributed by atoms with van der Waals surface area (Å²) in [7, 11) is 7.79. The highest BCUT2D eigenvalue weighted by atomic mass is 35.5. The number of benzene rings is 1. The summed E-state index contributed by atoms with van der Waals surface area (Å²) in [5.74, 6) is -1.93. The van der Waals surface area contributed by atoms with Gasteiger partial charge in [0.25, 0.3) is 0 Å². The van der Waals surface area contributed by atoms with Crippen molar-refractivity contribution in [3.63, 3.8) is 0 Å². The number of ketones is 1. The largest absolute Gasteiger partial charge is 0.469 e. The summed E-state index contributed by atoms with van der Waals surface area (Å²) in [4.78, 5) is 35.9. The molecule has 0 aliphatic heterocycles. The third-order valence-electron chi connectivity index (χ3n) is 3.15. The van der Waals surface area contributed by atoms with E-state index in [1.807, 2.05) is 0 Å². The third kappa shape index (κ3) is 5.03. The smallest absolute Gasteiger partial charge is 0.313 e. The second-order valence-corrected chi connectivity index (χ2v) is 5.45. The Balaban J connectivity index is 2.99. The van der Waals surface area contributed by atoms with Crippen molar-refractivity contribution >= 4 is 48.6 Å². The first-order valence-electron chi connectivity index (χ1n) is 6.32. The zero-order valence-electron chi connectivity index (χ0n) is 12.1. The van der Waals surface area contributed by atoms with Gasteiger partial charge in [-0.05, 0) is 24.1 Å². The summed E-state index contributed by atoms with van der Waals surface area (Å²) < 4.78 is 4.46. The number of hydrogen-bond acceptors (Lipinski definition) is 4. The Bertz CT molecular complexity index is 594. The van der Waals surface area contributed by atoms with E-state index in [2.05, 4.69) is 4.74 Å². The number of ether oxygens (including phenoxy) is 1. The molecular formula is C14H14BCl2NO4. The molecule has 0 fully saturated rings. The van der Waals surface area contributed by atoms with Gasteiger partial charge in [0.2, 0.25) is 7.85 Å². The van der Waals surface area contributed by atoms with Gasteiger partial charge in [-0.15, -0.1) is 0 Å². The summed E-state index contributed by atoms with van der Waals surface area (Å²) in [5.41, 5.74) is 0.686. The molecule has 5 nitrogen and oxygen atoms in total. The van der Waals surface area contributed by atoms with Crippen LogP contribution in [0.4, 0.5) is 4.79 Å². The molecule has 1 amide bonds. The molecule has 0 aliphatic carbocycles. The van der Waals surface area contributed by atoms with Crippen LogP contribution in [-0.4, -0.2) is 50.5 Å². The number of Topliss-reactive ketones (excluding diaryl/α,β-unsaturated/α-hetero) is 1. The van der Waals surface area contributed by atoms with Crippen LogP contribution in [-0.2, 0) is 20.7 Å². The molecule has 116 valence electrons. The maximum atomic E-state index is 12.2. The van der Waals surface area contributed by atoms with Crippen LogP contribution in [0.2, 0.25) is 10.0 Å². The number of carbonyl (C=O) groups excluding carboxylic acids is 3. The van der Waals surface area contributed by atoms with Gasteiger partial charge in [-0.3, -0.25) is 14.4 Å². The molecule has 1 atom stereocenters. The lowest BCUT2D eigenvalue weighted by Gasteiger charge is -2.26. The van der Waals surface area contributed by atoms with Crippen molar-refractivity contribution < 1.29 is 19.1 Å². The SMILES string of the molecule is [B]C(=O)N(C)[C@H](Cc1ccc(Cl)c(Cl)c1)C(=O)CC(=O)OC. The van der Waals surface area contributed by atoms with Gasteiger partial charge in [-0.1, -0.05) is 29.3 Å². The van der Waals surface area contributed by atoms with Gasteiger partial charge in [0, 0.05) is 7.05 Å². The van der Waals surface area contributed by atoms with E-state index in [-0.39, 0.29) is 6.42 Å². The fraction of sp³-hybridized carbons (Fsp3) is 0.357. The monoisotopic (exact) mass is 341 g/mol. The predicted molar refractivity (Wildman–Crippen MR) is 84.5 cm³/mol. The first-order chi connectivity index (χ1) is 10.3. The van der Waals surface area contributed by atoms with Crippen LogP contribution in [0.5, 0.6) is 0 Å². The van der Waals surface area contributed by atoms with E-state index in [1.165, 1.54) is 14.2 Å². The van der Waals surface area contributed by atoms with Crippen LogP contribution in [0.1, 0.15) is 12.0 Å². The lowest BCUT2D eigenvalue weighted by molar-refractivity contribution is -0.144. The van der Waals surface area contributed by atoms with Crippen molar-refractivity contribution in [2.75, 3.05) is 14.2 Å². The van der Waals surface area contributed by atoms with E-state index in [1.54, 1.807) is 18.2 Å². The van der Waals surface area contributed by atoms with E-state index >= 15 is 0 Å². The molecule has 0 saturated carbocycles. The molecule has 1 aromatic rings. The average molecular weight is 342 g/mol. The minimum absolute atomic E-state index is 0.159. The van der Waals surface area contributed by atoms with Gasteiger partial charge in [0.15, 0.2) is 11.6 Å². The van der Waals surface area contributed by atoms with Crippen LogP contribution in [0.15, 0.2) is 18.2 Å². The molecule has 1 rings (SSSR count). The van der Waals surface area contributed by atoms with Gasteiger partial charge >= 0.3 is 5.97 Å². The number of esters is 1. The maximum absolute atomic E-state index is 12.2. The van der Waals surface area contributed by atoms with Crippen LogP contribution in [0.3, 0.4) is 0 Å². The molecule has 2 radical (unpaired) electrons. The summed E-state index contributed by atoms with van der Waals surface area (Å²) in [6, 6.07) is 3.97. The molecule has 0 spiro atoms. The maximum Gasteiger partial charge on any atom is 0.313 e. The van der Waals surface area contributed by atoms with Gasteiger partial charge in [-0.25, -0.2) is 0 Å². The number of hydrogen-bond donors (Lipinski definition) is 0. The summed E-state index contributed by atoms with van der Waals surface area (Å²) in [6.45, 7) is 0. The molecule has 8 heteroatoms. The number of amides is 1.